The molecule has 1 aromatic carbocycles. The number of carbonyl (C=O) groups is 1. The molecule has 0 saturated heterocycles. The van der Waals surface area contributed by atoms with Crippen molar-refractivity contribution in [3.63, 3.8) is 0 Å². The summed E-state index contributed by atoms with van der Waals surface area (Å²) in [6.07, 6.45) is 7.97. The summed E-state index contributed by atoms with van der Waals surface area (Å²) >= 11 is 0. The van der Waals surface area contributed by atoms with E-state index in [4.69, 9.17) is 0 Å². The summed E-state index contributed by atoms with van der Waals surface area (Å²) in [6, 6.07) is 19.9. The third-order valence-electron chi connectivity index (χ3n) is 5.29. The van der Waals surface area contributed by atoms with Crippen LogP contribution in [0, 0.1) is 5.82 Å². The Kier molecular flexibility index (Phi) is 5.21. The highest BCUT2D eigenvalue weighted by Crippen LogP contribution is 2.23. The Bertz CT molecular complexity index is 1370. The number of nitrogens with one attached hydrogen (secondary N) is 1. The van der Waals surface area contributed by atoms with Crippen molar-refractivity contribution in [2.24, 2.45) is 0 Å². The minimum absolute atomic E-state index is 0.222. The van der Waals surface area contributed by atoms with Crippen LogP contribution in [0.5, 0.6) is 0 Å². The summed E-state index contributed by atoms with van der Waals surface area (Å²) in [7, 11) is 0. The first-order chi connectivity index (χ1) is 15.7. The van der Waals surface area contributed by atoms with Crippen molar-refractivity contribution in [2.75, 3.05) is 6.54 Å². The summed E-state index contributed by atoms with van der Waals surface area (Å²) in [5, 5.41) is 7.36. The van der Waals surface area contributed by atoms with Crippen molar-refractivity contribution < 1.29 is 9.18 Å². The standard InChI is InChI=1S/C25H20FN5O/c26-21-6-3-19(4-7-21)20-5-8-22-9-10-24(30(22)17-20)31-15-12-23(29-31)25(32)28-14-11-18-2-1-13-27-16-18/h1-10,12-13,15-17H,11,14H2,(H,28,32). The van der Waals surface area contributed by atoms with Crippen LogP contribution in [0.15, 0.2) is 91.5 Å². The molecule has 32 heavy (non-hydrogen) atoms. The Morgan fingerprint density at radius 3 is 2.59 bits per heavy atom. The van der Waals surface area contributed by atoms with Gasteiger partial charge in [0.2, 0.25) is 0 Å². The Balaban J connectivity index is 1.35. The van der Waals surface area contributed by atoms with Gasteiger partial charge in [-0.3, -0.25) is 9.78 Å². The average Bonchev–Trinajstić information content (AvgIpc) is 3.47. The molecule has 1 N–H and O–H groups in total. The fourth-order valence-electron chi connectivity index (χ4n) is 3.62. The monoisotopic (exact) mass is 425 g/mol. The molecule has 6 nitrogen and oxygen atoms in total. The third kappa shape index (κ3) is 4.00. The molecule has 0 fully saturated rings. The van der Waals surface area contributed by atoms with E-state index in [9.17, 15) is 9.18 Å². The Morgan fingerprint density at radius 2 is 1.78 bits per heavy atom. The normalized spacial score (nSPS) is 11.0. The zero-order chi connectivity index (χ0) is 21.9. The van der Waals surface area contributed by atoms with E-state index in [1.165, 1.54) is 12.1 Å². The van der Waals surface area contributed by atoms with Crippen molar-refractivity contribution in [1.29, 1.82) is 0 Å². The van der Waals surface area contributed by atoms with Crippen LogP contribution in [0.25, 0.3) is 22.5 Å². The van der Waals surface area contributed by atoms with E-state index >= 15 is 0 Å². The summed E-state index contributed by atoms with van der Waals surface area (Å²) in [5.74, 6) is 0.318. The number of hydrogen-bond acceptors (Lipinski definition) is 3. The Morgan fingerprint density at radius 1 is 0.969 bits per heavy atom. The van der Waals surface area contributed by atoms with E-state index in [2.05, 4.69) is 15.4 Å². The van der Waals surface area contributed by atoms with E-state index in [0.29, 0.717) is 18.7 Å². The number of hydrogen-bond donors (Lipinski definition) is 1. The number of aromatic nitrogens is 4. The van der Waals surface area contributed by atoms with Crippen molar-refractivity contribution >= 4 is 11.4 Å². The highest BCUT2D eigenvalue weighted by Gasteiger charge is 2.12. The molecule has 0 bridgehead atoms. The van der Waals surface area contributed by atoms with E-state index in [1.807, 2.05) is 47.0 Å². The van der Waals surface area contributed by atoms with Gasteiger partial charge in [0, 0.05) is 36.8 Å². The lowest BCUT2D eigenvalue weighted by Crippen LogP contribution is -2.26. The fourth-order valence-corrected chi connectivity index (χ4v) is 3.62. The topological polar surface area (TPSA) is 64.2 Å². The van der Waals surface area contributed by atoms with Gasteiger partial charge in [-0.1, -0.05) is 24.3 Å². The van der Waals surface area contributed by atoms with Gasteiger partial charge < -0.3 is 9.72 Å². The van der Waals surface area contributed by atoms with Crippen LogP contribution in [-0.4, -0.2) is 31.6 Å². The number of pyridine rings is 2. The summed E-state index contributed by atoms with van der Waals surface area (Å²) < 4.78 is 16.9. The van der Waals surface area contributed by atoms with Gasteiger partial charge in [0.05, 0.1) is 0 Å². The first-order valence-corrected chi connectivity index (χ1v) is 10.3. The molecule has 4 heterocycles. The highest BCUT2D eigenvalue weighted by molar-refractivity contribution is 5.92. The second-order valence-corrected chi connectivity index (χ2v) is 7.42. The molecule has 0 unspecified atom stereocenters. The van der Waals surface area contributed by atoms with Gasteiger partial charge in [-0.05, 0) is 65.6 Å². The van der Waals surface area contributed by atoms with Crippen LogP contribution in [-0.2, 0) is 6.42 Å². The van der Waals surface area contributed by atoms with Crippen LogP contribution in [0.3, 0.4) is 0 Å². The van der Waals surface area contributed by atoms with Crippen LogP contribution >= 0.6 is 0 Å². The first-order valence-electron chi connectivity index (χ1n) is 10.3. The molecule has 0 spiro atoms. The predicted molar refractivity (Wildman–Crippen MR) is 120 cm³/mol. The van der Waals surface area contributed by atoms with Crippen molar-refractivity contribution in [2.45, 2.75) is 6.42 Å². The fraction of sp³-hybridized carbons (Fsp3) is 0.0800. The van der Waals surface area contributed by atoms with Crippen molar-refractivity contribution in [1.82, 2.24) is 24.5 Å². The van der Waals surface area contributed by atoms with Crippen LogP contribution < -0.4 is 5.32 Å². The second-order valence-electron chi connectivity index (χ2n) is 7.42. The molecule has 158 valence electrons. The number of nitrogens with zero attached hydrogens (tertiary/aromatic N) is 4. The molecule has 1 amide bonds. The average molecular weight is 425 g/mol. The highest BCUT2D eigenvalue weighted by atomic mass is 19.1. The number of carbonyl (C=O) groups excluding carboxylic acids is 1. The smallest absolute Gasteiger partial charge is 0.271 e. The summed E-state index contributed by atoms with van der Waals surface area (Å²) in [4.78, 5) is 16.6. The summed E-state index contributed by atoms with van der Waals surface area (Å²) in [6.45, 7) is 0.506. The minimum atomic E-state index is -0.265. The molecule has 5 aromatic rings. The van der Waals surface area contributed by atoms with Crippen LogP contribution in [0.2, 0.25) is 0 Å². The van der Waals surface area contributed by atoms with Gasteiger partial charge in [-0.25, -0.2) is 9.07 Å². The minimum Gasteiger partial charge on any atom is -0.350 e. The second kappa shape index (κ2) is 8.47. The zero-order valence-corrected chi connectivity index (χ0v) is 17.1. The van der Waals surface area contributed by atoms with Gasteiger partial charge >= 0.3 is 0 Å². The van der Waals surface area contributed by atoms with E-state index in [-0.39, 0.29) is 11.7 Å². The number of halogens is 1. The predicted octanol–water partition coefficient (Wildman–Crippen LogP) is 4.30. The van der Waals surface area contributed by atoms with Gasteiger partial charge in [-0.2, -0.15) is 5.10 Å². The lowest BCUT2D eigenvalue weighted by atomic mass is 10.1. The van der Waals surface area contributed by atoms with E-state index in [1.54, 1.807) is 41.5 Å². The molecule has 4 aromatic heterocycles. The Hall–Kier alpha value is -4.26. The molecule has 0 saturated carbocycles. The molecule has 0 atom stereocenters. The molecule has 5 rings (SSSR count). The maximum atomic E-state index is 13.3. The van der Waals surface area contributed by atoms with Crippen LogP contribution in [0.4, 0.5) is 4.39 Å². The number of rotatable bonds is 6. The SMILES string of the molecule is O=C(NCCc1cccnc1)c1ccn(-c2ccc3ccc(-c4ccc(F)cc4)cn23)n1. The lowest BCUT2D eigenvalue weighted by Gasteiger charge is -2.07. The van der Waals surface area contributed by atoms with Gasteiger partial charge in [-0.15, -0.1) is 0 Å². The number of benzene rings is 1. The number of fused-ring (bicyclic) bond motifs is 1. The maximum absolute atomic E-state index is 13.3. The quantitative estimate of drug-likeness (QED) is 0.441. The molecule has 0 radical (unpaired) electrons. The van der Waals surface area contributed by atoms with Crippen LogP contribution in [0.1, 0.15) is 16.1 Å². The van der Waals surface area contributed by atoms with Gasteiger partial charge in [0.1, 0.15) is 11.6 Å². The van der Waals surface area contributed by atoms with Gasteiger partial charge in [0.25, 0.3) is 5.91 Å². The molecule has 0 aliphatic heterocycles. The zero-order valence-electron chi connectivity index (χ0n) is 17.1. The molecular weight excluding hydrogens is 405 g/mol. The molecule has 0 aliphatic rings. The van der Waals surface area contributed by atoms with E-state index in [0.717, 1.165) is 28.0 Å². The third-order valence-corrected chi connectivity index (χ3v) is 5.29. The largest absolute Gasteiger partial charge is 0.350 e. The molecule has 0 aliphatic carbocycles. The lowest BCUT2D eigenvalue weighted by molar-refractivity contribution is 0.0948. The van der Waals surface area contributed by atoms with E-state index < -0.39 is 0 Å². The maximum Gasteiger partial charge on any atom is 0.271 e. The van der Waals surface area contributed by atoms with Crippen molar-refractivity contribution in [3.05, 3.63) is 109 Å². The Labute approximate surface area is 184 Å². The van der Waals surface area contributed by atoms with Gasteiger partial charge in [0.15, 0.2) is 5.69 Å². The summed E-state index contributed by atoms with van der Waals surface area (Å²) in [5.41, 5.74) is 4.28. The number of amides is 1. The van der Waals surface area contributed by atoms with Crippen molar-refractivity contribution in [3.8, 4) is 16.9 Å². The first kappa shape index (κ1) is 19.7. The molecule has 7 heteroatoms. The molecular formula is C25H20FN5O.